The molecule has 3 aromatic carbocycles. The first-order chi connectivity index (χ1) is 12.3. The molecule has 4 rings (SSSR count). The maximum atomic E-state index is 2.28. The number of hydrogen-bond donors (Lipinski definition) is 0. The van der Waals surface area contributed by atoms with Crippen molar-refractivity contribution in [3.05, 3.63) is 96.2 Å². The van der Waals surface area contributed by atoms with E-state index in [1.807, 2.05) is 0 Å². The van der Waals surface area contributed by atoms with Gasteiger partial charge in [0.2, 0.25) is 0 Å². The fourth-order valence-electron chi connectivity index (χ4n) is 3.34. The van der Waals surface area contributed by atoms with Crippen LogP contribution in [-0.2, 0) is 0 Å². The SMILES string of the molecule is C/C=C/c1cc(-c2ccc(C)cc2)cc2ccn(-c3ccccc3)c12. The van der Waals surface area contributed by atoms with Crippen LogP contribution in [0.2, 0.25) is 0 Å². The molecule has 0 aliphatic rings. The zero-order chi connectivity index (χ0) is 17.2. The first-order valence-electron chi connectivity index (χ1n) is 8.66. The molecule has 1 nitrogen and oxygen atoms in total. The van der Waals surface area contributed by atoms with Crippen LogP contribution in [-0.4, -0.2) is 4.57 Å². The van der Waals surface area contributed by atoms with Crippen LogP contribution < -0.4 is 0 Å². The zero-order valence-electron chi connectivity index (χ0n) is 14.6. The van der Waals surface area contributed by atoms with E-state index in [0.29, 0.717) is 0 Å². The highest BCUT2D eigenvalue weighted by Gasteiger charge is 2.10. The van der Waals surface area contributed by atoms with E-state index in [1.54, 1.807) is 0 Å². The van der Waals surface area contributed by atoms with Gasteiger partial charge in [-0.1, -0.05) is 60.2 Å². The Bertz CT molecular complexity index is 1030. The van der Waals surface area contributed by atoms with Crippen molar-refractivity contribution in [3.63, 3.8) is 0 Å². The maximum Gasteiger partial charge on any atom is 0.0601 e. The summed E-state index contributed by atoms with van der Waals surface area (Å²) in [7, 11) is 0. The summed E-state index contributed by atoms with van der Waals surface area (Å²) in [5, 5.41) is 1.26. The lowest BCUT2D eigenvalue weighted by molar-refractivity contribution is 1.13. The smallest absolute Gasteiger partial charge is 0.0601 e. The van der Waals surface area contributed by atoms with Gasteiger partial charge in [0, 0.05) is 17.3 Å². The minimum atomic E-state index is 1.19. The minimum Gasteiger partial charge on any atom is -0.316 e. The van der Waals surface area contributed by atoms with E-state index in [9.17, 15) is 0 Å². The third-order valence-electron chi connectivity index (χ3n) is 4.58. The Morgan fingerprint density at radius 3 is 2.28 bits per heavy atom. The molecule has 0 aliphatic carbocycles. The fraction of sp³-hybridized carbons (Fsp3) is 0.0833. The predicted octanol–water partition coefficient (Wildman–Crippen LogP) is 6.64. The molecule has 0 aliphatic heterocycles. The van der Waals surface area contributed by atoms with Crippen LogP contribution in [0.3, 0.4) is 0 Å². The number of allylic oxidation sites excluding steroid dienone is 1. The largest absolute Gasteiger partial charge is 0.316 e. The first-order valence-corrected chi connectivity index (χ1v) is 8.66. The van der Waals surface area contributed by atoms with Crippen molar-refractivity contribution in [1.82, 2.24) is 4.57 Å². The molecule has 0 saturated carbocycles. The van der Waals surface area contributed by atoms with Crippen molar-refractivity contribution >= 4 is 17.0 Å². The topological polar surface area (TPSA) is 4.93 Å². The number of hydrogen-bond acceptors (Lipinski definition) is 0. The van der Waals surface area contributed by atoms with Gasteiger partial charge in [-0.2, -0.15) is 0 Å². The summed E-state index contributed by atoms with van der Waals surface area (Å²) < 4.78 is 2.27. The van der Waals surface area contributed by atoms with E-state index in [0.717, 1.165) is 0 Å². The van der Waals surface area contributed by atoms with Gasteiger partial charge < -0.3 is 4.57 Å². The van der Waals surface area contributed by atoms with Crippen molar-refractivity contribution in [2.75, 3.05) is 0 Å². The molecule has 1 heteroatoms. The molecule has 0 unspecified atom stereocenters. The molecular weight excluding hydrogens is 302 g/mol. The average Bonchev–Trinajstić information content (AvgIpc) is 3.07. The van der Waals surface area contributed by atoms with Crippen LogP contribution in [0, 0.1) is 6.92 Å². The third-order valence-corrected chi connectivity index (χ3v) is 4.58. The number of nitrogens with zero attached hydrogens (tertiary/aromatic N) is 1. The van der Waals surface area contributed by atoms with Gasteiger partial charge in [-0.15, -0.1) is 0 Å². The normalized spacial score (nSPS) is 11.4. The maximum absolute atomic E-state index is 2.28. The van der Waals surface area contributed by atoms with Crippen molar-refractivity contribution in [3.8, 4) is 16.8 Å². The second-order valence-electron chi connectivity index (χ2n) is 6.39. The molecule has 1 heterocycles. The molecule has 0 saturated heterocycles. The van der Waals surface area contributed by atoms with Crippen LogP contribution in [0.15, 0.2) is 85.1 Å². The number of benzene rings is 3. The van der Waals surface area contributed by atoms with Gasteiger partial charge in [-0.3, -0.25) is 0 Å². The number of aromatic nitrogens is 1. The van der Waals surface area contributed by atoms with E-state index in [-0.39, 0.29) is 0 Å². The van der Waals surface area contributed by atoms with Crippen LogP contribution in [0.1, 0.15) is 18.1 Å². The average molecular weight is 323 g/mol. The predicted molar refractivity (Wildman–Crippen MR) is 108 cm³/mol. The molecular formula is C24H21N. The standard InChI is InChI=1S/C24H21N/c1-3-7-20-16-22(19-12-10-18(2)11-13-19)17-21-14-15-25(24(20)21)23-8-5-4-6-9-23/h3-17H,1-2H3/b7-3+. The molecule has 0 radical (unpaired) electrons. The minimum absolute atomic E-state index is 1.19. The summed E-state index contributed by atoms with van der Waals surface area (Å²) in [6.07, 6.45) is 6.46. The Labute approximate surface area is 148 Å². The van der Waals surface area contributed by atoms with Gasteiger partial charge in [0.15, 0.2) is 0 Å². The molecule has 0 amide bonds. The summed E-state index contributed by atoms with van der Waals surface area (Å²) >= 11 is 0. The van der Waals surface area contributed by atoms with Gasteiger partial charge in [0.05, 0.1) is 5.52 Å². The van der Waals surface area contributed by atoms with Crippen molar-refractivity contribution in [2.24, 2.45) is 0 Å². The second-order valence-corrected chi connectivity index (χ2v) is 6.39. The Hall–Kier alpha value is -3.06. The zero-order valence-corrected chi connectivity index (χ0v) is 14.6. The molecule has 0 atom stereocenters. The van der Waals surface area contributed by atoms with E-state index in [1.165, 1.54) is 38.8 Å². The van der Waals surface area contributed by atoms with Crippen molar-refractivity contribution in [2.45, 2.75) is 13.8 Å². The van der Waals surface area contributed by atoms with Gasteiger partial charge in [-0.25, -0.2) is 0 Å². The van der Waals surface area contributed by atoms with Crippen molar-refractivity contribution in [1.29, 1.82) is 0 Å². The Balaban J connectivity index is 1.95. The van der Waals surface area contributed by atoms with Gasteiger partial charge in [0.1, 0.15) is 0 Å². The Morgan fingerprint density at radius 2 is 1.56 bits per heavy atom. The number of rotatable bonds is 3. The van der Waals surface area contributed by atoms with Gasteiger partial charge in [-0.05, 0) is 60.9 Å². The summed E-state index contributed by atoms with van der Waals surface area (Å²) in [4.78, 5) is 0. The summed E-state index contributed by atoms with van der Waals surface area (Å²) in [5.41, 5.74) is 7.47. The molecule has 0 fully saturated rings. The second kappa shape index (κ2) is 6.45. The van der Waals surface area contributed by atoms with E-state index < -0.39 is 0 Å². The molecule has 25 heavy (non-hydrogen) atoms. The quantitative estimate of drug-likeness (QED) is 0.398. The Kier molecular flexibility index (Phi) is 3.99. The molecule has 0 spiro atoms. The van der Waals surface area contributed by atoms with Gasteiger partial charge >= 0.3 is 0 Å². The number of fused-ring (bicyclic) bond motifs is 1. The van der Waals surface area contributed by atoms with Crippen LogP contribution in [0.5, 0.6) is 0 Å². The molecule has 0 bridgehead atoms. The lowest BCUT2D eigenvalue weighted by Crippen LogP contribution is -1.93. The highest BCUT2D eigenvalue weighted by Crippen LogP contribution is 2.31. The summed E-state index contributed by atoms with van der Waals surface area (Å²) in [5.74, 6) is 0. The molecule has 4 aromatic rings. The lowest BCUT2D eigenvalue weighted by atomic mass is 9.99. The fourth-order valence-corrected chi connectivity index (χ4v) is 3.34. The number of aryl methyl sites for hydroxylation is 1. The molecule has 122 valence electrons. The van der Waals surface area contributed by atoms with E-state index in [4.69, 9.17) is 0 Å². The number of para-hydroxylation sites is 1. The van der Waals surface area contributed by atoms with Gasteiger partial charge in [0.25, 0.3) is 0 Å². The lowest BCUT2D eigenvalue weighted by Gasteiger charge is -2.11. The van der Waals surface area contributed by atoms with E-state index >= 15 is 0 Å². The highest BCUT2D eigenvalue weighted by atomic mass is 15.0. The van der Waals surface area contributed by atoms with E-state index in [2.05, 4.69) is 110 Å². The molecule has 0 N–H and O–H groups in total. The van der Waals surface area contributed by atoms with Crippen LogP contribution >= 0.6 is 0 Å². The first kappa shape index (κ1) is 15.5. The highest BCUT2D eigenvalue weighted by molar-refractivity contribution is 5.94. The van der Waals surface area contributed by atoms with Crippen LogP contribution in [0.25, 0.3) is 33.8 Å². The summed E-state index contributed by atoms with van der Waals surface area (Å²) in [6.45, 7) is 4.19. The van der Waals surface area contributed by atoms with Crippen molar-refractivity contribution < 1.29 is 0 Å². The van der Waals surface area contributed by atoms with Crippen LogP contribution in [0.4, 0.5) is 0 Å². The Morgan fingerprint density at radius 1 is 0.800 bits per heavy atom. The summed E-state index contributed by atoms with van der Waals surface area (Å²) in [6, 6.07) is 26.0. The third kappa shape index (κ3) is 2.89. The monoisotopic (exact) mass is 323 g/mol. The molecule has 1 aromatic heterocycles.